The quantitative estimate of drug-likeness (QED) is 0.698. The number of hydrogen-bond acceptors (Lipinski definition) is 6. The molecule has 3 aromatic rings. The van der Waals surface area contributed by atoms with Crippen molar-refractivity contribution in [3.05, 3.63) is 56.4 Å². The second-order valence-corrected chi connectivity index (χ2v) is 7.30. The Labute approximate surface area is 159 Å². The molecule has 0 saturated carbocycles. The number of ether oxygens (including phenoxy) is 1. The lowest BCUT2D eigenvalue weighted by Crippen LogP contribution is -2.30. The molecule has 3 rings (SSSR count). The predicted molar refractivity (Wildman–Crippen MR) is 105 cm³/mol. The molecule has 0 aliphatic heterocycles. The molecule has 0 spiro atoms. The Morgan fingerprint density at radius 3 is 2.63 bits per heavy atom. The van der Waals surface area contributed by atoms with Crippen molar-refractivity contribution >= 4 is 39.1 Å². The summed E-state index contributed by atoms with van der Waals surface area (Å²) in [5.74, 6) is -0.515. The number of rotatable bonds is 4. The van der Waals surface area contributed by atoms with Gasteiger partial charge in [-0.1, -0.05) is 12.1 Å². The van der Waals surface area contributed by atoms with Gasteiger partial charge in [0.05, 0.1) is 23.7 Å². The standard InChI is InChI=1S/C19H19N3O4S/c1-10-11(2)27-17-16(10)18(24)22(12(3)20-17)9-15(23)21-14-8-6-5-7-13(14)19(25)26-4/h5-8H,9H2,1-4H3,(H,21,23). The smallest absolute Gasteiger partial charge is 0.339 e. The van der Waals surface area contributed by atoms with Crippen LogP contribution in [0.1, 0.15) is 26.6 Å². The van der Waals surface area contributed by atoms with Gasteiger partial charge in [-0.2, -0.15) is 0 Å². The zero-order valence-electron chi connectivity index (χ0n) is 15.5. The molecular weight excluding hydrogens is 366 g/mol. The van der Waals surface area contributed by atoms with Crippen LogP contribution in [-0.2, 0) is 16.1 Å². The van der Waals surface area contributed by atoms with E-state index in [0.29, 0.717) is 21.7 Å². The lowest BCUT2D eigenvalue weighted by molar-refractivity contribution is -0.116. The van der Waals surface area contributed by atoms with Gasteiger partial charge in [-0.25, -0.2) is 9.78 Å². The van der Waals surface area contributed by atoms with Crippen molar-refractivity contribution in [1.29, 1.82) is 0 Å². The number of amides is 1. The third kappa shape index (κ3) is 3.48. The summed E-state index contributed by atoms with van der Waals surface area (Å²) >= 11 is 1.47. The highest BCUT2D eigenvalue weighted by molar-refractivity contribution is 7.18. The topological polar surface area (TPSA) is 90.3 Å². The van der Waals surface area contributed by atoms with Crippen molar-refractivity contribution in [3.63, 3.8) is 0 Å². The number of carbonyl (C=O) groups excluding carboxylic acids is 2. The van der Waals surface area contributed by atoms with Crippen LogP contribution in [0.15, 0.2) is 29.1 Å². The van der Waals surface area contributed by atoms with E-state index in [4.69, 9.17) is 4.74 Å². The number of thiophene rings is 1. The molecule has 0 radical (unpaired) electrons. The van der Waals surface area contributed by atoms with E-state index < -0.39 is 11.9 Å². The first-order valence-corrected chi connectivity index (χ1v) is 9.09. The average molecular weight is 385 g/mol. The van der Waals surface area contributed by atoms with E-state index in [-0.39, 0.29) is 17.7 Å². The summed E-state index contributed by atoms with van der Waals surface area (Å²) in [6.07, 6.45) is 0. The lowest BCUT2D eigenvalue weighted by Gasteiger charge is -2.12. The molecule has 0 aliphatic rings. The van der Waals surface area contributed by atoms with E-state index in [1.165, 1.54) is 23.0 Å². The van der Waals surface area contributed by atoms with Gasteiger partial charge in [-0.3, -0.25) is 14.2 Å². The van der Waals surface area contributed by atoms with E-state index in [2.05, 4.69) is 10.3 Å². The van der Waals surface area contributed by atoms with Crippen molar-refractivity contribution in [1.82, 2.24) is 9.55 Å². The number of nitrogens with one attached hydrogen (secondary N) is 1. The Morgan fingerprint density at radius 2 is 1.93 bits per heavy atom. The first kappa shape index (κ1) is 18.8. The Kier molecular flexibility index (Phi) is 5.09. The molecule has 140 valence electrons. The number of anilines is 1. The van der Waals surface area contributed by atoms with Crippen molar-refractivity contribution < 1.29 is 14.3 Å². The van der Waals surface area contributed by atoms with Gasteiger partial charge in [-0.05, 0) is 38.5 Å². The SMILES string of the molecule is COC(=O)c1ccccc1NC(=O)Cn1c(C)nc2sc(C)c(C)c2c1=O. The van der Waals surface area contributed by atoms with Crippen LogP contribution in [0, 0.1) is 20.8 Å². The van der Waals surface area contributed by atoms with Crippen molar-refractivity contribution in [2.75, 3.05) is 12.4 Å². The fourth-order valence-electron chi connectivity index (χ4n) is 2.83. The van der Waals surface area contributed by atoms with Crippen LogP contribution in [0.3, 0.4) is 0 Å². The van der Waals surface area contributed by atoms with Crippen molar-refractivity contribution in [2.45, 2.75) is 27.3 Å². The molecule has 27 heavy (non-hydrogen) atoms. The fraction of sp³-hybridized carbons (Fsp3) is 0.263. The third-order valence-corrected chi connectivity index (χ3v) is 5.49. The van der Waals surface area contributed by atoms with Gasteiger partial charge in [0.25, 0.3) is 5.56 Å². The number of aromatic nitrogens is 2. The minimum atomic E-state index is -0.549. The first-order valence-electron chi connectivity index (χ1n) is 8.27. The van der Waals surface area contributed by atoms with E-state index in [1.807, 2.05) is 13.8 Å². The van der Waals surface area contributed by atoms with Crippen molar-refractivity contribution in [2.24, 2.45) is 0 Å². The number of benzene rings is 1. The molecule has 2 aromatic heterocycles. The van der Waals surface area contributed by atoms with E-state index in [9.17, 15) is 14.4 Å². The maximum Gasteiger partial charge on any atom is 0.339 e. The summed E-state index contributed by atoms with van der Waals surface area (Å²) in [4.78, 5) is 43.4. The van der Waals surface area contributed by atoms with Gasteiger partial charge in [0, 0.05) is 4.88 Å². The molecule has 1 aromatic carbocycles. The second kappa shape index (κ2) is 7.32. The molecular formula is C19H19N3O4S. The van der Waals surface area contributed by atoms with Gasteiger partial charge in [0.2, 0.25) is 5.91 Å². The van der Waals surface area contributed by atoms with Gasteiger partial charge >= 0.3 is 5.97 Å². The van der Waals surface area contributed by atoms with Gasteiger partial charge in [0.1, 0.15) is 17.2 Å². The van der Waals surface area contributed by atoms with Crippen LogP contribution in [-0.4, -0.2) is 28.5 Å². The van der Waals surface area contributed by atoms with Crippen LogP contribution in [0.4, 0.5) is 5.69 Å². The van der Waals surface area contributed by atoms with E-state index in [0.717, 1.165) is 10.4 Å². The number of para-hydroxylation sites is 1. The van der Waals surface area contributed by atoms with Crippen LogP contribution in [0.5, 0.6) is 0 Å². The maximum absolute atomic E-state index is 12.9. The largest absolute Gasteiger partial charge is 0.465 e. The molecule has 0 saturated heterocycles. The molecule has 0 fully saturated rings. The summed E-state index contributed by atoms with van der Waals surface area (Å²) < 4.78 is 6.07. The van der Waals surface area contributed by atoms with Gasteiger partial charge in [0.15, 0.2) is 0 Å². The van der Waals surface area contributed by atoms with E-state index >= 15 is 0 Å². The Hall–Kier alpha value is -3.00. The minimum Gasteiger partial charge on any atom is -0.465 e. The maximum atomic E-state index is 12.9. The highest BCUT2D eigenvalue weighted by Gasteiger charge is 2.18. The van der Waals surface area contributed by atoms with Crippen LogP contribution < -0.4 is 10.9 Å². The minimum absolute atomic E-state index is 0.197. The number of fused-ring (bicyclic) bond motifs is 1. The molecule has 7 nitrogen and oxygen atoms in total. The number of methoxy groups -OCH3 is 1. The van der Waals surface area contributed by atoms with Crippen molar-refractivity contribution in [3.8, 4) is 0 Å². The average Bonchev–Trinajstić information content (AvgIpc) is 2.92. The summed E-state index contributed by atoms with van der Waals surface area (Å²) in [5, 5.41) is 3.22. The predicted octanol–water partition coefficient (Wildman–Crippen LogP) is 2.81. The summed E-state index contributed by atoms with van der Waals surface area (Å²) in [6.45, 7) is 5.32. The zero-order chi connectivity index (χ0) is 19.7. The number of carbonyl (C=O) groups is 2. The lowest BCUT2D eigenvalue weighted by atomic mass is 10.2. The van der Waals surface area contributed by atoms with Gasteiger partial charge in [-0.15, -0.1) is 11.3 Å². The number of aryl methyl sites for hydroxylation is 3. The molecule has 0 bridgehead atoms. The van der Waals surface area contributed by atoms with Crippen LogP contribution >= 0.6 is 11.3 Å². The van der Waals surface area contributed by atoms with Gasteiger partial charge < -0.3 is 10.1 Å². The Balaban J connectivity index is 1.93. The van der Waals surface area contributed by atoms with E-state index in [1.54, 1.807) is 31.2 Å². The highest BCUT2D eigenvalue weighted by atomic mass is 32.1. The molecule has 1 N–H and O–H groups in total. The number of esters is 1. The number of hydrogen-bond donors (Lipinski definition) is 1. The molecule has 0 aliphatic carbocycles. The Bertz CT molecular complexity index is 1110. The second-order valence-electron chi connectivity index (χ2n) is 6.10. The van der Waals surface area contributed by atoms with Crippen LogP contribution in [0.25, 0.3) is 10.2 Å². The third-order valence-electron chi connectivity index (χ3n) is 4.39. The molecule has 1 amide bonds. The summed E-state index contributed by atoms with van der Waals surface area (Å²) in [5.41, 5.74) is 1.22. The Morgan fingerprint density at radius 1 is 1.22 bits per heavy atom. The summed E-state index contributed by atoms with van der Waals surface area (Å²) in [6, 6.07) is 6.54. The molecule has 0 atom stereocenters. The van der Waals surface area contributed by atoms with Crippen LogP contribution in [0.2, 0.25) is 0 Å². The first-order chi connectivity index (χ1) is 12.8. The fourth-order valence-corrected chi connectivity index (χ4v) is 3.89. The molecule has 0 unspecified atom stereocenters. The summed E-state index contributed by atoms with van der Waals surface area (Å²) in [7, 11) is 1.27. The monoisotopic (exact) mass is 385 g/mol. The molecule has 2 heterocycles. The molecule has 8 heteroatoms. The highest BCUT2D eigenvalue weighted by Crippen LogP contribution is 2.26. The number of nitrogens with zero attached hydrogens (tertiary/aromatic N) is 2. The zero-order valence-corrected chi connectivity index (χ0v) is 16.3. The normalized spacial score (nSPS) is 10.8.